The highest BCUT2D eigenvalue weighted by Crippen LogP contribution is 2.34. The molecule has 2 aromatic rings. The standard InChI is InChI=1S/C17H20N4O3S/c1-12(15(22)21(2)17(11-18)8-4-3-5-9-17)25-16-20-19-14(24-16)13-7-6-10-23-13/h6-7,10,12H,3-5,8-9H2,1-2H3/t12-/m0/s1. The molecule has 1 atom stereocenters. The van der Waals surface area contributed by atoms with Crippen LogP contribution < -0.4 is 0 Å². The molecule has 0 radical (unpaired) electrons. The molecular formula is C17H20N4O3S. The van der Waals surface area contributed by atoms with E-state index < -0.39 is 10.8 Å². The fourth-order valence-corrected chi connectivity index (χ4v) is 3.88. The van der Waals surface area contributed by atoms with E-state index in [4.69, 9.17) is 8.83 Å². The average molecular weight is 360 g/mol. The maximum absolute atomic E-state index is 12.8. The second kappa shape index (κ2) is 7.31. The lowest BCUT2D eigenvalue weighted by Gasteiger charge is -2.39. The molecule has 132 valence electrons. The summed E-state index contributed by atoms with van der Waals surface area (Å²) in [6.45, 7) is 1.79. The van der Waals surface area contributed by atoms with Crippen molar-refractivity contribution in [3.63, 3.8) is 0 Å². The van der Waals surface area contributed by atoms with E-state index in [9.17, 15) is 10.1 Å². The summed E-state index contributed by atoms with van der Waals surface area (Å²) in [7, 11) is 1.72. The van der Waals surface area contributed by atoms with Crippen LogP contribution in [-0.2, 0) is 4.79 Å². The first-order chi connectivity index (χ1) is 12.1. The van der Waals surface area contributed by atoms with Crippen LogP contribution in [0.15, 0.2) is 32.5 Å². The highest BCUT2D eigenvalue weighted by Gasteiger charge is 2.40. The Morgan fingerprint density at radius 3 is 2.80 bits per heavy atom. The Bertz CT molecular complexity index is 759. The van der Waals surface area contributed by atoms with Gasteiger partial charge in [0.15, 0.2) is 5.76 Å². The zero-order valence-corrected chi connectivity index (χ0v) is 15.1. The summed E-state index contributed by atoms with van der Waals surface area (Å²) >= 11 is 1.19. The van der Waals surface area contributed by atoms with Crippen LogP contribution >= 0.6 is 11.8 Å². The van der Waals surface area contributed by atoms with Crippen molar-refractivity contribution >= 4 is 17.7 Å². The molecule has 3 rings (SSSR count). The summed E-state index contributed by atoms with van der Waals surface area (Å²) < 4.78 is 10.8. The SMILES string of the molecule is C[C@H](Sc1nnc(-c2ccco2)o1)C(=O)N(C)C1(C#N)CCCCC1. The number of thioether (sulfide) groups is 1. The molecule has 1 amide bonds. The Morgan fingerprint density at radius 2 is 2.16 bits per heavy atom. The number of hydrogen-bond donors (Lipinski definition) is 0. The summed E-state index contributed by atoms with van der Waals surface area (Å²) in [5.74, 6) is 0.661. The molecule has 0 spiro atoms. The van der Waals surface area contributed by atoms with Gasteiger partial charge in [-0.15, -0.1) is 10.2 Å². The molecule has 2 heterocycles. The Balaban J connectivity index is 1.67. The Labute approximate surface area is 150 Å². The first-order valence-corrected chi connectivity index (χ1v) is 9.17. The Hall–Kier alpha value is -2.27. The molecule has 0 saturated heterocycles. The number of hydrogen-bond acceptors (Lipinski definition) is 7. The highest BCUT2D eigenvalue weighted by molar-refractivity contribution is 8.00. The molecule has 1 fully saturated rings. The molecule has 0 bridgehead atoms. The second-order valence-corrected chi connectivity index (χ2v) is 7.50. The number of aromatic nitrogens is 2. The first-order valence-electron chi connectivity index (χ1n) is 8.29. The maximum Gasteiger partial charge on any atom is 0.284 e. The van der Waals surface area contributed by atoms with E-state index >= 15 is 0 Å². The van der Waals surface area contributed by atoms with Crippen molar-refractivity contribution < 1.29 is 13.6 Å². The fourth-order valence-electron chi connectivity index (χ4n) is 3.10. The third-order valence-electron chi connectivity index (χ3n) is 4.63. The van der Waals surface area contributed by atoms with Crippen LogP contribution in [0.2, 0.25) is 0 Å². The lowest BCUT2D eigenvalue weighted by molar-refractivity contribution is -0.133. The molecule has 1 aliphatic rings. The molecule has 2 aromatic heterocycles. The number of carbonyl (C=O) groups is 1. The van der Waals surface area contributed by atoms with Crippen LogP contribution in [0.25, 0.3) is 11.7 Å². The van der Waals surface area contributed by atoms with Crippen LogP contribution in [0.5, 0.6) is 0 Å². The number of rotatable bonds is 5. The van der Waals surface area contributed by atoms with Gasteiger partial charge in [-0.3, -0.25) is 4.79 Å². The fraction of sp³-hybridized carbons (Fsp3) is 0.529. The van der Waals surface area contributed by atoms with Crippen molar-refractivity contribution in [2.24, 2.45) is 0 Å². The van der Waals surface area contributed by atoms with Gasteiger partial charge >= 0.3 is 0 Å². The summed E-state index contributed by atoms with van der Waals surface area (Å²) in [6, 6.07) is 5.83. The molecular weight excluding hydrogens is 340 g/mol. The minimum atomic E-state index is -0.696. The van der Waals surface area contributed by atoms with Gasteiger partial charge in [-0.1, -0.05) is 31.0 Å². The third kappa shape index (κ3) is 3.56. The number of furan rings is 1. The summed E-state index contributed by atoms with van der Waals surface area (Å²) in [5, 5.41) is 17.4. The van der Waals surface area contributed by atoms with Gasteiger partial charge < -0.3 is 13.7 Å². The van der Waals surface area contributed by atoms with Crippen molar-refractivity contribution in [3.05, 3.63) is 18.4 Å². The molecule has 1 saturated carbocycles. The van der Waals surface area contributed by atoms with Gasteiger partial charge in [-0.05, 0) is 31.9 Å². The monoisotopic (exact) mass is 360 g/mol. The number of nitriles is 1. The minimum absolute atomic E-state index is 0.105. The van der Waals surface area contributed by atoms with E-state index in [1.54, 1.807) is 31.0 Å². The topological polar surface area (TPSA) is 96.2 Å². The van der Waals surface area contributed by atoms with Gasteiger partial charge in [0, 0.05) is 7.05 Å². The molecule has 8 heteroatoms. The van der Waals surface area contributed by atoms with Gasteiger partial charge in [0.1, 0.15) is 5.54 Å². The van der Waals surface area contributed by atoms with Gasteiger partial charge in [0.2, 0.25) is 5.91 Å². The average Bonchev–Trinajstić information content (AvgIpc) is 3.32. The number of nitrogens with zero attached hydrogens (tertiary/aromatic N) is 4. The van der Waals surface area contributed by atoms with Crippen LogP contribution in [0, 0.1) is 11.3 Å². The van der Waals surface area contributed by atoms with E-state index in [0.717, 1.165) is 32.1 Å². The van der Waals surface area contributed by atoms with Crippen LogP contribution in [0.1, 0.15) is 39.0 Å². The van der Waals surface area contributed by atoms with Crippen molar-refractivity contribution in [2.75, 3.05) is 7.05 Å². The Kier molecular flexibility index (Phi) is 5.13. The Morgan fingerprint density at radius 1 is 1.40 bits per heavy atom. The molecule has 1 aliphatic carbocycles. The smallest absolute Gasteiger partial charge is 0.284 e. The summed E-state index contributed by atoms with van der Waals surface area (Å²) in [5.41, 5.74) is -0.696. The summed E-state index contributed by atoms with van der Waals surface area (Å²) in [4.78, 5) is 14.4. The van der Waals surface area contributed by atoms with Crippen LogP contribution in [0.4, 0.5) is 0 Å². The summed E-state index contributed by atoms with van der Waals surface area (Å²) in [6.07, 6.45) is 6.05. The lowest BCUT2D eigenvalue weighted by Crippen LogP contribution is -2.52. The molecule has 0 unspecified atom stereocenters. The van der Waals surface area contributed by atoms with E-state index in [1.807, 2.05) is 0 Å². The zero-order chi connectivity index (χ0) is 17.9. The van der Waals surface area contributed by atoms with Gasteiger partial charge in [0.25, 0.3) is 11.1 Å². The quantitative estimate of drug-likeness (QED) is 0.753. The van der Waals surface area contributed by atoms with E-state index in [2.05, 4.69) is 16.3 Å². The van der Waals surface area contributed by atoms with Crippen LogP contribution in [0.3, 0.4) is 0 Å². The third-order valence-corrected chi connectivity index (χ3v) is 5.55. The number of carbonyl (C=O) groups excluding carboxylic acids is 1. The lowest BCUT2D eigenvalue weighted by atomic mass is 9.81. The molecule has 0 aromatic carbocycles. The number of amides is 1. The predicted molar refractivity (Wildman–Crippen MR) is 91.5 cm³/mol. The van der Waals surface area contributed by atoms with Gasteiger partial charge in [0.05, 0.1) is 17.6 Å². The highest BCUT2D eigenvalue weighted by atomic mass is 32.2. The zero-order valence-electron chi connectivity index (χ0n) is 14.3. The maximum atomic E-state index is 12.8. The molecule has 0 aliphatic heterocycles. The molecule has 0 N–H and O–H groups in total. The van der Waals surface area contributed by atoms with Crippen LogP contribution in [-0.4, -0.2) is 38.8 Å². The molecule has 25 heavy (non-hydrogen) atoms. The van der Waals surface area contributed by atoms with Crippen molar-refractivity contribution in [2.45, 2.75) is 55.0 Å². The van der Waals surface area contributed by atoms with Crippen molar-refractivity contribution in [1.82, 2.24) is 15.1 Å². The normalized spacial score (nSPS) is 17.6. The molecule has 7 nitrogen and oxygen atoms in total. The van der Waals surface area contributed by atoms with E-state index in [-0.39, 0.29) is 11.8 Å². The minimum Gasteiger partial charge on any atom is -0.459 e. The second-order valence-electron chi connectivity index (χ2n) is 6.21. The first kappa shape index (κ1) is 17.5. The van der Waals surface area contributed by atoms with E-state index in [1.165, 1.54) is 18.0 Å². The van der Waals surface area contributed by atoms with Crippen molar-refractivity contribution in [3.8, 4) is 17.7 Å². The predicted octanol–water partition coefficient (Wildman–Crippen LogP) is 3.50. The van der Waals surface area contributed by atoms with E-state index in [0.29, 0.717) is 11.0 Å². The van der Waals surface area contributed by atoms with Crippen molar-refractivity contribution in [1.29, 1.82) is 5.26 Å². The van der Waals surface area contributed by atoms with Gasteiger partial charge in [-0.25, -0.2) is 0 Å². The van der Waals surface area contributed by atoms with Gasteiger partial charge in [-0.2, -0.15) is 5.26 Å². The largest absolute Gasteiger partial charge is 0.459 e.